The third-order valence-corrected chi connectivity index (χ3v) is 5.41. The van der Waals surface area contributed by atoms with Crippen LogP contribution in [0.2, 0.25) is 0 Å². The molecule has 4 amide bonds. The van der Waals surface area contributed by atoms with Crippen LogP contribution in [0, 0.1) is 6.92 Å². The maximum Gasteiger partial charge on any atom is 0.324 e. The van der Waals surface area contributed by atoms with Gasteiger partial charge in [0.05, 0.1) is 18.0 Å². The molecular formula is C18H19N3O3S. The van der Waals surface area contributed by atoms with Crippen LogP contribution in [0.3, 0.4) is 0 Å². The summed E-state index contributed by atoms with van der Waals surface area (Å²) in [7, 11) is 0. The number of carbonyl (C=O) groups excluding carboxylic acids is 3. The van der Waals surface area contributed by atoms with E-state index in [9.17, 15) is 14.4 Å². The molecule has 1 aliphatic rings. The number of nitrogens with one attached hydrogen (secondary N) is 2. The summed E-state index contributed by atoms with van der Waals surface area (Å²) in [4.78, 5) is 38.8. The van der Waals surface area contributed by atoms with E-state index in [0.29, 0.717) is 10.6 Å². The number of imide groups is 1. The minimum atomic E-state index is -0.388. The Bertz CT molecular complexity index is 828. The first-order valence-corrected chi connectivity index (χ1v) is 8.87. The summed E-state index contributed by atoms with van der Waals surface area (Å²) in [5.74, 6) is -0.402. The van der Waals surface area contributed by atoms with Crippen LogP contribution in [0.25, 0.3) is 0 Å². The lowest BCUT2D eigenvalue weighted by Gasteiger charge is -2.13. The van der Waals surface area contributed by atoms with E-state index in [2.05, 4.69) is 17.6 Å². The third kappa shape index (κ3) is 3.71. The first kappa shape index (κ1) is 17.2. The van der Waals surface area contributed by atoms with Crippen LogP contribution in [0.5, 0.6) is 0 Å². The van der Waals surface area contributed by atoms with E-state index in [4.69, 9.17) is 0 Å². The van der Waals surface area contributed by atoms with Gasteiger partial charge < -0.3 is 10.6 Å². The Hall–Kier alpha value is -2.67. The molecule has 25 heavy (non-hydrogen) atoms. The summed E-state index contributed by atoms with van der Waals surface area (Å²) in [6.45, 7) is 4.30. The van der Waals surface area contributed by atoms with Gasteiger partial charge in [-0.05, 0) is 42.7 Å². The van der Waals surface area contributed by atoms with Crippen LogP contribution in [0.15, 0.2) is 30.3 Å². The summed E-state index contributed by atoms with van der Waals surface area (Å²) < 4.78 is 0. The van der Waals surface area contributed by atoms with Crippen LogP contribution in [0.4, 0.5) is 10.5 Å². The van der Waals surface area contributed by atoms with Crippen LogP contribution >= 0.6 is 11.3 Å². The fraction of sp³-hybridized carbons (Fsp3) is 0.278. The second-order valence-corrected chi connectivity index (χ2v) is 7.00. The summed E-state index contributed by atoms with van der Waals surface area (Å²) in [5, 5.41) is 5.37. The monoisotopic (exact) mass is 357 g/mol. The zero-order chi connectivity index (χ0) is 18.0. The quantitative estimate of drug-likeness (QED) is 0.808. The van der Waals surface area contributed by atoms with Crippen molar-refractivity contribution in [2.45, 2.75) is 26.8 Å². The van der Waals surface area contributed by atoms with Gasteiger partial charge in [-0.3, -0.25) is 14.5 Å². The van der Waals surface area contributed by atoms with Crippen LogP contribution in [-0.2, 0) is 17.8 Å². The van der Waals surface area contributed by atoms with Gasteiger partial charge in [0, 0.05) is 10.6 Å². The highest BCUT2D eigenvalue weighted by Gasteiger charge is 2.28. The number of benzene rings is 1. The molecule has 0 atom stereocenters. The van der Waals surface area contributed by atoms with Gasteiger partial charge >= 0.3 is 6.03 Å². The molecule has 0 aliphatic carbocycles. The number of nitrogens with zero attached hydrogens (tertiary/aromatic N) is 1. The van der Waals surface area contributed by atoms with Crippen molar-refractivity contribution in [2.24, 2.45) is 0 Å². The normalized spacial score (nSPS) is 13.9. The fourth-order valence-electron chi connectivity index (χ4n) is 2.72. The van der Waals surface area contributed by atoms with Crippen molar-refractivity contribution in [3.05, 3.63) is 51.2 Å². The van der Waals surface area contributed by atoms with Gasteiger partial charge in [-0.25, -0.2) is 4.79 Å². The summed E-state index contributed by atoms with van der Waals surface area (Å²) >= 11 is 1.50. The maximum absolute atomic E-state index is 12.4. The number of rotatable bonds is 5. The molecule has 0 saturated carbocycles. The molecule has 1 aromatic heterocycles. The van der Waals surface area contributed by atoms with Gasteiger partial charge in [-0.2, -0.15) is 0 Å². The Balaban J connectivity index is 1.71. The molecule has 0 unspecified atom stereocenters. The molecule has 1 saturated heterocycles. The van der Waals surface area contributed by atoms with Crippen molar-refractivity contribution < 1.29 is 14.4 Å². The number of hydrogen-bond acceptors (Lipinski definition) is 4. The lowest BCUT2D eigenvalue weighted by atomic mass is 10.2. The van der Waals surface area contributed by atoms with Crippen LogP contribution in [0.1, 0.15) is 32.6 Å². The lowest BCUT2D eigenvalue weighted by Crippen LogP contribution is -2.30. The van der Waals surface area contributed by atoms with Crippen molar-refractivity contribution in [3.63, 3.8) is 0 Å². The molecule has 130 valence electrons. The van der Waals surface area contributed by atoms with Gasteiger partial charge in [0.25, 0.3) is 5.91 Å². The number of amides is 4. The average Bonchev–Trinajstić information content (AvgIpc) is 3.12. The van der Waals surface area contributed by atoms with Crippen molar-refractivity contribution in [3.8, 4) is 0 Å². The van der Waals surface area contributed by atoms with Gasteiger partial charge in [0.1, 0.15) is 0 Å². The van der Waals surface area contributed by atoms with Gasteiger partial charge in [0.2, 0.25) is 5.91 Å². The van der Waals surface area contributed by atoms with E-state index in [-0.39, 0.29) is 30.9 Å². The Morgan fingerprint density at radius 3 is 2.76 bits per heavy atom. The first-order chi connectivity index (χ1) is 12.0. The van der Waals surface area contributed by atoms with Crippen molar-refractivity contribution >= 4 is 34.9 Å². The van der Waals surface area contributed by atoms with E-state index in [1.807, 2.05) is 19.1 Å². The van der Waals surface area contributed by atoms with Crippen molar-refractivity contribution in [1.29, 1.82) is 0 Å². The van der Waals surface area contributed by atoms with Gasteiger partial charge in [-0.1, -0.05) is 19.1 Å². The summed E-state index contributed by atoms with van der Waals surface area (Å²) in [5.41, 5.74) is 2.54. The third-order valence-electron chi connectivity index (χ3n) is 4.03. The molecule has 6 nitrogen and oxygen atoms in total. The second kappa shape index (κ2) is 7.06. The molecule has 2 heterocycles. The molecule has 7 heteroatoms. The standard InChI is InChI=1S/C18H19N3O3S/c1-3-14-11(2)7-15(25-14)17(23)20-13-6-4-5-12(8-13)10-21-16(22)9-19-18(21)24/h4-8H,3,9-10H2,1-2H3,(H,19,24)(H,20,23). The fourth-order valence-corrected chi connectivity index (χ4v) is 3.73. The SMILES string of the molecule is CCc1sc(C(=O)Nc2cccc(CN3C(=O)CNC3=O)c2)cc1C. The smallest absolute Gasteiger partial charge is 0.324 e. The van der Waals surface area contributed by atoms with Gasteiger partial charge in [0.15, 0.2) is 0 Å². The minimum absolute atomic E-state index is 0.0345. The Morgan fingerprint density at radius 2 is 2.12 bits per heavy atom. The molecule has 1 aliphatic heterocycles. The van der Waals surface area contributed by atoms with E-state index in [0.717, 1.165) is 22.4 Å². The molecule has 2 N–H and O–H groups in total. The van der Waals surface area contributed by atoms with Gasteiger partial charge in [-0.15, -0.1) is 11.3 Å². The molecule has 0 spiro atoms. The molecule has 1 fully saturated rings. The highest BCUT2D eigenvalue weighted by Crippen LogP contribution is 2.23. The highest BCUT2D eigenvalue weighted by atomic mass is 32.1. The number of anilines is 1. The van der Waals surface area contributed by atoms with Crippen molar-refractivity contribution in [2.75, 3.05) is 11.9 Å². The van der Waals surface area contributed by atoms with E-state index in [1.165, 1.54) is 16.2 Å². The summed E-state index contributed by atoms with van der Waals surface area (Å²) in [6.07, 6.45) is 0.908. The van der Waals surface area contributed by atoms with Crippen LogP contribution < -0.4 is 10.6 Å². The highest BCUT2D eigenvalue weighted by molar-refractivity contribution is 7.14. The number of thiophene rings is 1. The topological polar surface area (TPSA) is 78.5 Å². The molecular weight excluding hydrogens is 338 g/mol. The van der Waals surface area contributed by atoms with E-state index in [1.54, 1.807) is 18.2 Å². The molecule has 0 bridgehead atoms. The maximum atomic E-state index is 12.4. The molecule has 1 aromatic carbocycles. The molecule has 0 radical (unpaired) electrons. The number of carbonyl (C=O) groups is 3. The largest absolute Gasteiger partial charge is 0.329 e. The Labute approximate surface area is 149 Å². The zero-order valence-corrected chi connectivity index (χ0v) is 14.9. The lowest BCUT2D eigenvalue weighted by molar-refractivity contribution is -0.125. The van der Waals surface area contributed by atoms with Crippen molar-refractivity contribution in [1.82, 2.24) is 10.2 Å². The number of hydrogen-bond donors (Lipinski definition) is 2. The van der Waals surface area contributed by atoms with E-state index >= 15 is 0 Å². The van der Waals surface area contributed by atoms with Crippen LogP contribution in [-0.4, -0.2) is 29.3 Å². The first-order valence-electron chi connectivity index (χ1n) is 8.05. The average molecular weight is 357 g/mol. The van der Waals surface area contributed by atoms with E-state index < -0.39 is 0 Å². The minimum Gasteiger partial charge on any atom is -0.329 e. The second-order valence-electron chi connectivity index (χ2n) is 5.86. The Morgan fingerprint density at radius 1 is 1.32 bits per heavy atom. The predicted molar refractivity (Wildman–Crippen MR) is 96.8 cm³/mol. The zero-order valence-electron chi connectivity index (χ0n) is 14.1. The molecule has 2 aromatic rings. The number of urea groups is 1. The number of aryl methyl sites for hydroxylation is 2. The Kier molecular flexibility index (Phi) is 4.85. The summed E-state index contributed by atoms with van der Waals surface area (Å²) in [6, 6.07) is 8.68. The molecule has 3 rings (SSSR count). The predicted octanol–water partition coefficient (Wildman–Crippen LogP) is 2.92.